The second-order valence-electron chi connectivity index (χ2n) is 5.62. The van der Waals surface area contributed by atoms with Crippen molar-refractivity contribution in [3.8, 4) is 0 Å². The molecule has 6 heteroatoms. The lowest BCUT2D eigenvalue weighted by Crippen LogP contribution is -2.38. The van der Waals surface area contributed by atoms with Gasteiger partial charge in [0.05, 0.1) is 5.69 Å². The maximum atomic E-state index is 10.8. The van der Waals surface area contributed by atoms with Crippen LogP contribution >= 0.6 is 11.3 Å². The molecule has 1 saturated heterocycles. The lowest BCUT2D eigenvalue weighted by molar-refractivity contribution is -0.131. The summed E-state index contributed by atoms with van der Waals surface area (Å²) in [5.41, 5.74) is 0.911. The van der Waals surface area contributed by atoms with Crippen LogP contribution in [0.2, 0.25) is 0 Å². The molecular formula is C14H17N3O2S. The van der Waals surface area contributed by atoms with Crippen molar-refractivity contribution in [2.45, 2.75) is 32.2 Å². The van der Waals surface area contributed by atoms with Gasteiger partial charge < -0.3 is 10.0 Å². The topological polar surface area (TPSA) is 57.8 Å². The van der Waals surface area contributed by atoms with Gasteiger partial charge in [-0.25, -0.2) is 9.78 Å². The van der Waals surface area contributed by atoms with E-state index in [0.717, 1.165) is 35.9 Å². The summed E-state index contributed by atoms with van der Waals surface area (Å²) in [5, 5.41) is 10.8. The molecule has 20 heavy (non-hydrogen) atoms. The van der Waals surface area contributed by atoms with Crippen LogP contribution in [0.15, 0.2) is 17.7 Å². The number of anilines is 1. The Hall–Kier alpha value is -1.82. The van der Waals surface area contributed by atoms with Crippen LogP contribution in [0.25, 0.3) is 11.0 Å². The average Bonchev–Trinajstić information content (AvgIpc) is 2.99. The molecule has 0 bridgehead atoms. The van der Waals surface area contributed by atoms with E-state index in [0.29, 0.717) is 0 Å². The summed E-state index contributed by atoms with van der Waals surface area (Å²) in [6.45, 7) is 5.38. The number of nitrogens with zero attached hydrogens (tertiary/aromatic N) is 3. The molecule has 0 unspecified atom stereocenters. The molecular weight excluding hydrogens is 274 g/mol. The summed E-state index contributed by atoms with van der Waals surface area (Å²) >= 11 is 1.56. The lowest BCUT2D eigenvalue weighted by Gasteiger charge is -2.32. The van der Waals surface area contributed by atoms with Gasteiger partial charge in [-0.15, -0.1) is 11.3 Å². The van der Waals surface area contributed by atoms with Crippen LogP contribution in [0.5, 0.6) is 0 Å². The summed E-state index contributed by atoms with van der Waals surface area (Å²) in [6.07, 6.45) is 7.01. The van der Waals surface area contributed by atoms with Gasteiger partial charge in [0.15, 0.2) is 10.8 Å². The molecule has 3 rings (SSSR count). The lowest BCUT2D eigenvalue weighted by atomic mass is 10.0. The molecule has 1 aliphatic heterocycles. The molecule has 5 nitrogen and oxygen atoms in total. The van der Waals surface area contributed by atoms with Crippen molar-refractivity contribution in [2.75, 3.05) is 11.4 Å². The van der Waals surface area contributed by atoms with Crippen LogP contribution in [0.4, 0.5) is 5.82 Å². The van der Waals surface area contributed by atoms with Gasteiger partial charge in [0.2, 0.25) is 0 Å². The number of hydrogen-bond donors (Lipinski definition) is 1. The molecule has 1 fully saturated rings. The number of carboxylic acid groups (broad SMARTS) is 1. The van der Waals surface area contributed by atoms with E-state index < -0.39 is 5.97 Å². The zero-order valence-corrected chi connectivity index (χ0v) is 12.4. The fourth-order valence-electron chi connectivity index (χ4n) is 2.80. The Morgan fingerprint density at radius 1 is 1.55 bits per heavy atom. The first-order chi connectivity index (χ1) is 9.49. The van der Waals surface area contributed by atoms with E-state index in [1.807, 2.05) is 16.0 Å². The Kier molecular flexibility index (Phi) is 3.05. The van der Waals surface area contributed by atoms with Crippen LogP contribution in [-0.4, -0.2) is 32.5 Å². The third-order valence-electron chi connectivity index (χ3n) is 3.82. The minimum atomic E-state index is -0.943. The van der Waals surface area contributed by atoms with Gasteiger partial charge in [0, 0.05) is 29.7 Å². The molecule has 1 N–H and O–H groups in total. The Balaban J connectivity index is 2.12. The monoisotopic (exact) mass is 291 g/mol. The molecule has 0 saturated carbocycles. The van der Waals surface area contributed by atoms with Crippen molar-refractivity contribution in [1.82, 2.24) is 9.38 Å². The van der Waals surface area contributed by atoms with Gasteiger partial charge in [0.25, 0.3) is 0 Å². The predicted molar refractivity (Wildman–Crippen MR) is 80.4 cm³/mol. The Morgan fingerprint density at radius 2 is 2.35 bits per heavy atom. The van der Waals surface area contributed by atoms with Crippen molar-refractivity contribution in [3.63, 3.8) is 0 Å². The molecule has 3 heterocycles. The number of carbonyl (C=O) groups is 1. The second-order valence-corrected chi connectivity index (χ2v) is 6.49. The number of aliphatic carboxylic acids is 1. The highest BCUT2D eigenvalue weighted by Gasteiger charge is 2.35. The molecule has 0 aliphatic carbocycles. The first kappa shape index (κ1) is 13.2. The zero-order valence-electron chi connectivity index (χ0n) is 11.5. The van der Waals surface area contributed by atoms with Crippen LogP contribution in [0.3, 0.4) is 0 Å². The van der Waals surface area contributed by atoms with E-state index in [-0.39, 0.29) is 5.54 Å². The normalized spacial score (nSPS) is 18.4. The number of thiazole rings is 1. The van der Waals surface area contributed by atoms with E-state index in [4.69, 9.17) is 10.1 Å². The first-order valence-corrected chi connectivity index (χ1v) is 7.51. The number of rotatable bonds is 3. The molecule has 1 aliphatic rings. The summed E-state index contributed by atoms with van der Waals surface area (Å²) in [5.74, 6) is -0.0568. The average molecular weight is 291 g/mol. The molecule has 106 valence electrons. The Labute approximate surface area is 121 Å². The molecule has 0 atom stereocenters. The van der Waals surface area contributed by atoms with Crippen molar-refractivity contribution in [1.29, 1.82) is 0 Å². The summed E-state index contributed by atoms with van der Waals surface area (Å²) < 4.78 is 1.95. The number of imidazole rings is 1. The molecule has 0 amide bonds. The van der Waals surface area contributed by atoms with Crippen molar-refractivity contribution in [2.24, 2.45) is 0 Å². The summed E-state index contributed by atoms with van der Waals surface area (Å²) in [6, 6.07) is 0. The van der Waals surface area contributed by atoms with E-state index in [1.165, 1.54) is 6.08 Å². The predicted octanol–water partition coefficient (Wildman–Crippen LogP) is 2.87. The van der Waals surface area contributed by atoms with Gasteiger partial charge >= 0.3 is 5.97 Å². The quantitative estimate of drug-likeness (QED) is 0.883. The van der Waals surface area contributed by atoms with Gasteiger partial charge in [0.1, 0.15) is 0 Å². The van der Waals surface area contributed by atoms with Gasteiger partial charge in [-0.05, 0) is 32.8 Å². The number of fused-ring (bicyclic) bond motifs is 1. The molecule has 0 aromatic carbocycles. The van der Waals surface area contributed by atoms with Crippen molar-refractivity contribution in [3.05, 3.63) is 23.3 Å². The number of hydrogen-bond acceptors (Lipinski definition) is 4. The molecule has 2 aromatic rings. The Morgan fingerprint density at radius 3 is 3.00 bits per heavy atom. The minimum Gasteiger partial charge on any atom is -0.478 e. The van der Waals surface area contributed by atoms with Crippen LogP contribution in [0.1, 0.15) is 32.4 Å². The highest BCUT2D eigenvalue weighted by Crippen LogP contribution is 2.36. The molecule has 0 spiro atoms. The highest BCUT2D eigenvalue weighted by molar-refractivity contribution is 7.15. The maximum absolute atomic E-state index is 10.8. The zero-order chi connectivity index (χ0) is 14.3. The molecule has 2 aromatic heterocycles. The third kappa shape index (κ3) is 2.10. The van der Waals surface area contributed by atoms with Gasteiger partial charge in [-0.1, -0.05) is 0 Å². The van der Waals surface area contributed by atoms with Crippen molar-refractivity contribution >= 4 is 34.2 Å². The fourth-order valence-corrected chi connectivity index (χ4v) is 3.51. The van der Waals surface area contributed by atoms with Crippen molar-refractivity contribution < 1.29 is 9.90 Å². The smallest absolute Gasteiger partial charge is 0.328 e. The Bertz CT molecular complexity index is 684. The number of carboxylic acids is 1. The second kappa shape index (κ2) is 4.63. The third-order valence-corrected chi connectivity index (χ3v) is 4.58. The van der Waals surface area contributed by atoms with Crippen LogP contribution in [0, 0.1) is 0 Å². The van der Waals surface area contributed by atoms with E-state index in [9.17, 15) is 4.79 Å². The van der Waals surface area contributed by atoms with E-state index in [1.54, 1.807) is 17.4 Å². The maximum Gasteiger partial charge on any atom is 0.328 e. The van der Waals surface area contributed by atoms with Crippen LogP contribution < -0.4 is 4.90 Å². The van der Waals surface area contributed by atoms with Gasteiger partial charge in [-0.2, -0.15) is 0 Å². The van der Waals surface area contributed by atoms with Crippen LogP contribution in [-0.2, 0) is 4.79 Å². The largest absolute Gasteiger partial charge is 0.478 e. The SMILES string of the molecule is CC1(C)CCCN1c1nc2sccn2c1C=CC(=O)O. The van der Waals surface area contributed by atoms with E-state index >= 15 is 0 Å². The number of aromatic nitrogens is 2. The van der Waals surface area contributed by atoms with E-state index in [2.05, 4.69) is 18.7 Å². The highest BCUT2D eigenvalue weighted by atomic mass is 32.1. The fraction of sp³-hybridized carbons (Fsp3) is 0.429. The first-order valence-electron chi connectivity index (χ1n) is 6.63. The summed E-state index contributed by atoms with van der Waals surface area (Å²) in [7, 11) is 0. The summed E-state index contributed by atoms with van der Waals surface area (Å²) in [4.78, 5) is 18.7. The van der Waals surface area contributed by atoms with Gasteiger partial charge in [-0.3, -0.25) is 4.40 Å². The standard InChI is InChI=1S/C14H17N3O2S/c1-14(2)6-3-7-17(14)12-10(4-5-11(18)19)16-8-9-20-13(16)15-12/h4-5,8-9H,3,6-7H2,1-2H3,(H,18,19). The molecule has 0 radical (unpaired) electrons. The minimum absolute atomic E-state index is 0.0653.